The molecule has 2 N–H and O–H groups in total. The Labute approximate surface area is 147 Å². The second-order valence-corrected chi connectivity index (χ2v) is 5.98. The lowest BCUT2D eigenvalue weighted by atomic mass is 10.0. The van der Waals surface area contributed by atoms with Crippen LogP contribution >= 0.6 is 0 Å². The van der Waals surface area contributed by atoms with E-state index in [1.165, 1.54) is 23.2 Å². The number of piperidine rings is 1. The Kier molecular flexibility index (Phi) is 5.08. The number of pyridine rings is 2. The molecule has 2 aromatic heterocycles. The molecule has 6 nitrogen and oxygen atoms in total. The summed E-state index contributed by atoms with van der Waals surface area (Å²) in [6.45, 7) is 0.412. The molecule has 0 spiro atoms. The van der Waals surface area contributed by atoms with E-state index in [-0.39, 0.29) is 24.0 Å². The number of aliphatic hydroxyl groups is 1. The van der Waals surface area contributed by atoms with Crippen molar-refractivity contribution in [2.75, 3.05) is 18.4 Å². The van der Waals surface area contributed by atoms with E-state index in [1.54, 1.807) is 18.2 Å². The number of amides is 1. The van der Waals surface area contributed by atoms with Gasteiger partial charge in [-0.3, -0.25) is 9.78 Å². The monoisotopic (exact) mass is 366 g/mol. The molecule has 3 heterocycles. The van der Waals surface area contributed by atoms with Gasteiger partial charge in [0.05, 0.1) is 12.1 Å². The molecule has 1 aliphatic heterocycles. The van der Waals surface area contributed by atoms with Gasteiger partial charge in [-0.15, -0.1) is 0 Å². The molecule has 2 atom stereocenters. The van der Waals surface area contributed by atoms with Crippen LogP contribution in [-0.2, 0) is 6.18 Å². The summed E-state index contributed by atoms with van der Waals surface area (Å²) in [5, 5.41) is 13.1. The zero-order valence-electron chi connectivity index (χ0n) is 13.6. The fraction of sp³-hybridized carbons (Fsp3) is 0.353. The van der Waals surface area contributed by atoms with E-state index in [9.17, 15) is 23.1 Å². The summed E-state index contributed by atoms with van der Waals surface area (Å²) in [5.74, 6) is -0.256. The van der Waals surface area contributed by atoms with Crippen LogP contribution in [0, 0.1) is 0 Å². The van der Waals surface area contributed by atoms with Gasteiger partial charge >= 0.3 is 6.18 Å². The Morgan fingerprint density at radius 2 is 2.04 bits per heavy atom. The average Bonchev–Trinajstić information content (AvgIpc) is 2.63. The number of halogens is 3. The predicted molar refractivity (Wildman–Crippen MR) is 87.4 cm³/mol. The summed E-state index contributed by atoms with van der Waals surface area (Å²) in [5.41, 5.74) is -0.717. The number of carbonyl (C=O) groups excluding carboxylic acids is 1. The molecule has 1 amide bonds. The molecule has 0 aliphatic carbocycles. The van der Waals surface area contributed by atoms with Crippen molar-refractivity contribution < 1.29 is 23.1 Å². The molecule has 0 saturated carbocycles. The molecule has 1 fully saturated rings. The highest BCUT2D eigenvalue weighted by atomic mass is 19.4. The van der Waals surface area contributed by atoms with E-state index >= 15 is 0 Å². The minimum absolute atomic E-state index is 0.0355. The van der Waals surface area contributed by atoms with E-state index < -0.39 is 24.0 Å². The number of alkyl halides is 3. The molecule has 0 bridgehead atoms. The summed E-state index contributed by atoms with van der Waals surface area (Å²) < 4.78 is 38.2. The molecule has 26 heavy (non-hydrogen) atoms. The number of nitrogens with zero attached hydrogens (tertiary/aromatic N) is 3. The lowest BCUT2D eigenvalue weighted by molar-refractivity contribution is -0.141. The summed E-state index contributed by atoms with van der Waals surface area (Å²) in [6.07, 6.45) is -3.59. The first-order chi connectivity index (χ1) is 12.3. The van der Waals surface area contributed by atoms with Gasteiger partial charge in [-0.05, 0) is 30.7 Å². The fourth-order valence-electron chi connectivity index (χ4n) is 2.80. The van der Waals surface area contributed by atoms with E-state index in [0.717, 1.165) is 6.07 Å². The normalized spacial score (nSPS) is 20.7. The maximum Gasteiger partial charge on any atom is 0.433 e. The van der Waals surface area contributed by atoms with Crippen molar-refractivity contribution in [1.29, 1.82) is 0 Å². The highest BCUT2D eigenvalue weighted by Crippen LogP contribution is 2.28. The third-order valence-electron chi connectivity index (χ3n) is 4.13. The van der Waals surface area contributed by atoms with Gasteiger partial charge in [0, 0.05) is 19.3 Å². The van der Waals surface area contributed by atoms with Crippen LogP contribution < -0.4 is 5.32 Å². The molecule has 138 valence electrons. The smallest absolute Gasteiger partial charge is 0.389 e. The van der Waals surface area contributed by atoms with Crippen LogP contribution in [-0.4, -0.2) is 51.1 Å². The first-order valence-corrected chi connectivity index (χ1v) is 8.04. The number of likely N-dealkylation sites (tertiary alicyclic amines) is 1. The minimum atomic E-state index is -4.53. The maximum atomic E-state index is 12.7. The number of aromatic nitrogens is 2. The highest BCUT2D eigenvalue weighted by Gasteiger charge is 2.34. The van der Waals surface area contributed by atoms with Gasteiger partial charge in [-0.2, -0.15) is 13.2 Å². The predicted octanol–water partition coefficient (Wildman–Crippen LogP) is 2.18. The van der Waals surface area contributed by atoms with Crippen molar-refractivity contribution >= 4 is 11.7 Å². The molecule has 1 saturated heterocycles. The summed E-state index contributed by atoms with van der Waals surface area (Å²) in [7, 11) is 0. The second kappa shape index (κ2) is 7.28. The third kappa shape index (κ3) is 4.10. The zero-order valence-corrected chi connectivity index (χ0v) is 13.6. The zero-order chi connectivity index (χ0) is 18.7. The van der Waals surface area contributed by atoms with Crippen LogP contribution in [0.2, 0.25) is 0 Å². The Balaban J connectivity index is 1.64. The van der Waals surface area contributed by atoms with Gasteiger partial charge in [0.1, 0.15) is 17.2 Å². The largest absolute Gasteiger partial charge is 0.433 e. The first kappa shape index (κ1) is 18.1. The van der Waals surface area contributed by atoms with Gasteiger partial charge in [0.15, 0.2) is 0 Å². The van der Waals surface area contributed by atoms with Gasteiger partial charge in [-0.25, -0.2) is 4.98 Å². The summed E-state index contributed by atoms with van der Waals surface area (Å²) in [4.78, 5) is 21.4. The van der Waals surface area contributed by atoms with Crippen molar-refractivity contribution in [3.8, 4) is 0 Å². The topological polar surface area (TPSA) is 78.4 Å². The molecule has 0 radical (unpaired) electrons. The van der Waals surface area contributed by atoms with Gasteiger partial charge in [0.2, 0.25) is 0 Å². The molecule has 0 aromatic carbocycles. The molecule has 0 unspecified atom stereocenters. The fourth-order valence-corrected chi connectivity index (χ4v) is 2.80. The first-order valence-electron chi connectivity index (χ1n) is 8.04. The standard InChI is InChI=1S/C17H17F3N4O2/c18-17(19,20)14-5-3-6-15(23-14)22-11-7-9-24(10-13(11)25)16(26)12-4-1-2-8-21-12/h1-6,8,11,13,25H,7,9-10H2,(H,22,23)/t11-,13-/m1/s1. The molecular weight excluding hydrogens is 349 g/mol. The number of nitrogens with one attached hydrogen (secondary N) is 1. The Hall–Kier alpha value is -2.68. The van der Waals surface area contributed by atoms with Crippen molar-refractivity contribution in [2.45, 2.75) is 24.7 Å². The number of hydrogen-bond donors (Lipinski definition) is 2. The maximum absolute atomic E-state index is 12.7. The van der Waals surface area contributed by atoms with Crippen LogP contribution in [0.3, 0.4) is 0 Å². The van der Waals surface area contributed by atoms with Crippen molar-refractivity contribution in [3.05, 3.63) is 54.0 Å². The second-order valence-electron chi connectivity index (χ2n) is 5.98. The highest BCUT2D eigenvalue weighted by molar-refractivity contribution is 5.92. The Morgan fingerprint density at radius 3 is 2.69 bits per heavy atom. The van der Waals surface area contributed by atoms with Gasteiger partial charge in [-0.1, -0.05) is 12.1 Å². The molecule has 3 rings (SSSR count). The SMILES string of the molecule is O=C(c1ccccn1)N1CC[C@@H](Nc2cccc(C(F)(F)F)n2)[C@H](O)C1. The number of anilines is 1. The average molecular weight is 366 g/mol. The lowest BCUT2D eigenvalue weighted by Gasteiger charge is -2.36. The van der Waals surface area contributed by atoms with Crippen molar-refractivity contribution in [1.82, 2.24) is 14.9 Å². The van der Waals surface area contributed by atoms with E-state index in [0.29, 0.717) is 13.0 Å². The van der Waals surface area contributed by atoms with Crippen LogP contribution in [0.15, 0.2) is 42.6 Å². The van der Waals surface area contributed by atoms with Gasteiger partial charge in [0.25, 0.3) is 5.91 Å². The van der Waals surface area contributed by atoms with Crippen LogP contribution in [0.5, 0.6) is 0 Å². The molecule has 1 aliphatic rings. The summed E-state index contributed by atoms with van der Waals surface area (Å²) in [6, 6.07) is 8.03. The number of rotatable bonds is 3. The van der Waals surface area contributed by atoms with E-state index in [1.807, 2.05) is 0 Å². The Bertz CT molecular complexity index is 770. The van der Waals surface area contributed by atoms with E-state index in [4.69, 9.17) is 0 Å². The molecule has 2 aromatic rings. The van der Waals surface area contributed by atoms with Crippen LogP contribution in [0.25, 0.3) is 0 Å². The lowest BCUT2D eigenvalue weighted by Crippen LogP contribution is -2.51. The number of carbonyl (C=O) groups is 1. The van der Waals surface area contributed by atoms with Crippen molar-refractivity contribution in [3.63, 3.8) is 0 Å². The minimum Gasteiger partial charge on any atom is -0.389 e. The molecular formula is C17H17F3N4O2. The Morgan fingerprint density at radius 1 is 1.23 bits per heavy atom. The third-order valence-corrected chi connectivity index (χ3v) is 4.13. The molecule has 9 heteroatoms. The summed E-state index contributed by atoms with van der Waals surface area (Å²) >= 11 is 0. The number of aliphatic hydroxyl groups excluding tert-OH is 1. The quantitative estimate of drug-likeness (QED) is 0.871. The van der Waals surface area contributed by atoms with Crippen LogP contribution in [0.1, 0.15) is 22.6 Å². The number of hydrogen-bond acceptors (Lipinski definition) is 5. The van der Waals surface area contributed by atoms with Crippen LogP contribution in [0.4, 0.5) is 19.0 Å². The van der Waals surface area contributed by atoms with E-state index in [2.05, 4.69) is 15.3 Å². The van der Waals surface area contributed by atoms with Crippen molar-refractivity contribution in [2.24, 2.45) is 0 Å². The number of β-amino-alcohol motifs (C(OH)–C–C–N with tert-alkyl or cyclic N) is 1. The van der Waals surface area contributed by atoms with Gasteiger partial charge < -0.3 is 15.3 Å².